The number of aryl methyl sites for hydroxylation is 2. The van der Waals surface area contributed by atoms with Gasteiger partial charge < -0.3 is 15.8 Å². The third-order valence-electron chi connectivity index (χ3n) is 2.97. The van der Waals surface area contributed by atoms with Crippen LogP contribution in [0, 0.1) is 13.8 Å². The molecule has 0 saturated heterocycles. The molecule has 0 saturated carbocycles. The summed E-state index contributed by atoms with van der Waals surface area (Å²) in [5.74, 6) is 0.395. The molecular weight excluding hydrogens is 288 g/mol. The highest BCUT2D eigenvalue weighted by atomic mass is 35.5. The van der Waals surface area contributed by atoms with E-state index in [-0.39, 0.29) is 12.5 Å². The first-order valence-electron chi connectivity index (χ1n) is 6.50. The molecule has 0 aliphatic rings. The zero-order valence-electron chi connectivity index (χ0n) is 11.9. The zero-order chi connectivity index (χ0) is 15.4. The second-order valence-corrected chi connectivity index (χ2v) is 5.21. The third kappa shape index (κ3) is 4.13. The number of halogens is 1. The number of anilines is 2. The van der Waals surface area contributed by atoms with E-state index < -0.39 is 0 Å². The fraction of sp³-hybridized carbons (Fsp3) is 0.188. The first-order valence-corrected chi connectivity index (χ1v) is 6.88. The molecule has 0 atom stereocenters. The molecule has 0 aliphatic carbocycles. The van der Waals surface area contributed by atoms with E-state index in [2.05, 4.69) is 5.32 Å². The molecule has 0 unspecified atom stereocenters. The van der Waals surface area contributed by atoms with Crippen molar-refractivity contribution >= 4 is 28.9 Å². The van der Waals surface area contributed by atoms with Crippen LogP contribution in [0.1, 0.15) is 11.1 Å². The van der Waals surface area contributed by atoms with Gasteiger partial charge in [-0.1, -0.05) is 11.6 Å². The van der Waals surface area contributed by atoms with Crippen molar-refractivity contribution in [2.75, 3.05) is 17.7 Å². The number of ether oxygens (including phenoxy) is 1. The smallest absolute Gasteiger partial charge is 0.262 e. The number of nitrogen functional groups attached to an aromatic ring is 1. The van der Waals surface area contributed by atoms with Crippen LogP contribution in [0.4, 0.5) is 11.4 Å². The SMILES string of the molecule is Cc1cc(OCC(=O)Nc2ccc(N)cc2)cc(C)c1Cl. The van der Waals surface area contributed by atoms with Crippen molar-refractivity contribution in [3.05, 3.63) is 52.5 Å². The van der Waals surface area contributed by atoms with Crippen LogP contribution < -0.4 is 15.8 Å². The minimum atomic E-state index is -0.231. The summed E-state index contributed by atoms with van der Waals surface area (Å²) in [7, 11) is 0. The number of carbonyl (C=O) groups is 1. The van der Waals surface area contributed by atoms with Crippen molar-refractivity contribution in [3.63, 3.8) is 0 Å². The van der Waals surface area contributed by atoms with E-state index in [0.29, 0.717) is 22.1 Å². The molecule has 21 heavy (non-hydrogen) atoms. The van der Waals surface area contributed by atoms with Crippen molar-refractivity contribution < 1.29 is 9.53 Å². The minimum Gasteiger partial charge on any atom is -0.484 e. The molecule has 0 heterocycles. The second-order valence-electron chi connectivity index (χ2n) is 4.83. The maximum Gasteiger partial charge on any atom is 0.262 e. The number of hydrogen-bond donors (Lipinski definition) is 2. The predicted molar refractivity (Wildman–Crippen MR) is 85.9 cm³/mol. The number of benzene rings is 2. The molecule has 0 radical (unpaired) electrons. The largest absolute Gasteiger partial charge is 0.484 e. The monoisotopic (exact) mass is 304 g/mol. The number of hydrogen-bond acceptors (Lipinski definition) is 3. The van der Waals surface area contributed by atoms with Gasteiger partial charge in [-0.25, -0.2) is 0 Å². The Morgan fingerprint density at radius 1 is 1.19 bits per heavy atom. The molecule has 0 bridgehead atoms. The maximum atomic E-state index is 11.8. The van der Waals surface area contributed by atoms with Gasteiger partial charge in [0.05, 0.1) is 0 Å². The van der Waals surface area contributed by atoms with E-state index in [1.807, 2.05) is 26.0 Å². The molecular formula is C16H17ClN2O2. The normalized spacial score (nSPS) is 10.2. The van der Waals surface area contributed by atoms with E-state index in [9.17, 15) is 4.79 Å². The Bertz CT molecular complexity index is 631. The second kappa shape index (κ2) is 6.50. The first kappa shape index (κ1) is 15.2. The zero-order valence-corrected chi connectivity index (χ0v) is 12.7. The number of nitrogens with two attached hydrogens (primary N) is 1. The van der Waals surface area contributed by atoms with Crippen LogP contribution >= 0.6 is 11.6 Å². The molecule has 110 valence electrons. The van der Waals surface area contributed by atoms with Gasteiger partial charge in [-0.3, -0.25) is 4.79 Å². The standard InChI is InChI=1S/C16H17ClN2O2/c1-10-7-14(8-11(2)16(10)17)21-9-15(20)19-13-5-3-12(18)4-6-13/h3-8H,9,18H2,1-2H3,(H,19,20). The molecule has 0 fully saturated rings. The molecule has 1 amide bonds. The highest BCUT2D eigenvalue weighted by molar-refractivity contribution is 6.32. The minimum absolute atomic E-state index is 0.0646. The number of amides is 1. The summed E-state index contributed by atoms with van der Waals surface area (Å²) in [4.78, 5) is 11.8. The highest BCUT2D eigenvalue weighted by Crippen LogP contribution is 2.25. The number of carbonyl (C=O) groups excluding carboxylic acids is 1. The van der Waals surface area contributed by atoms with Gasteiger partial charge in [0.25, 0.3) is 5.91 Å². The van der Waals surface area contributed by atoms with Crippen LogP contribution in [0.25, 0.3) is 0 Å². The average Bonchev–Trinajstić information content (AvgIpc) is 2.45. The fourth-order valence-corrected chi connectivity index (χ4v) is 2.01. The van der Waals surface area contributed by atoms with Gasteiger partial charge in [-0.05, 0) is 61.4 Å². The maximum absolute atomic E-state index is 11.8. The van der Waals surface area contributed by atoms with Crippen LogP contribution in [0.2, 0.25) is 5.02 Å². The lowest BCUT2D eigenvalue weighted by molar-refractivity contribution is -0.118. The summed E-state index contributed by atoms with van der Waals surface area (Å²) in [5, 5.41) is 3.45. The van der Waals surface area contributed by atoms with Gasteiger partial charge in [0.1, 0.15) is 5.75 Å². The summed E-state index contributed by atoms with van der Waals surface area (Å²) in [6.45, 7) is 3.73. The van der Waals surface area contributed by atoms with Crippen LogP contribution in [0.5, 0.6) is 5.75 Å². The Morgan fingerprint density at radius 2 is 1.76 bits per heavy atom. The first-order chi connectivity index (χ1) is 9.95. The summed E-state index contributed by atoms with van der Waals surface area (Å²) in [6.07, 6.45) is 0. The quantitative estimate of drug-likeness (QED) is 0.849. The lowest BCUT2D eigenvalue weighted by Gasteiger charge is -2.10. The van der Waals surface area contributed by atoms with E-state index in [1.54, 1.807) is 24.3 Å². The Labute approximate surface area is 128 Å². The molecule has 0 aromatic heterocycles. The molecule has 0 aliphatic heterocycles. The molecule has 3 N–H and O–H groups in total. The van der Waals surface area contributed by atoms with Crippen LogP contribution in [0.3, 0.4) is 0 Å². The van der Waals surface area contributed by atoms with Crippen LogP contribution in [-0.2, 0) is 4.79 Å². The Kier molecular flexibility index (Phi) is 4.70. The fourth-order valence-electron chi connectivity index (χ4n) is 1.90. The Morgan fingerprint density at radius 3 is 2.33 bits per heavy atom. The van der Waals surface area contributed by atoms with E-state index in [1.165, 1.54) is 0 Å². The Hall–Kier alpha value is -2.20. The van der Waals surface area contributed by atoms with Crippen molar-refractivity contribution in [1.29, 1.82) is 0 Å². The van der Waals surface area contributed by atoms with Crippen LogP contribution in [-0.4, -0.2) is 12.5 Å². The lowest BCUT2D eigenvalue weighted by atomic mass is 10.1. The van der Waals surface area contributed by atoms with E-state index in [0.717, 1.165) is 11.1 Å². The Balaban J connectivity index is 1.93. The van der Waals surface area contributed by atoms with Crippen molar-refractivity contribution in [2.24, 2.45) is 0 Å². The summed E-state index contributed by atoms with van der Waals surface area (Å²) < 4.78 is 5.49. The average molecular weight is 305 g/mol. The van der Waals surface area contributed by atoms with Crippen molar-refractivity contribution in [2.45, 2.75) is 13.8 Å². The molecule has 0 spiro atoms. The lowest BCUT2D eigenvalue weighted by Crippen LogP contribution is -2.20. The van der Waals surface area contributed by atoms with Gasteiger partial charge in [0, 0.05) is 16.4 Å². The number of nitrogens with one attached hydrogen (secondary N) is 1. The van der Waals surface area contributed by atoms with Gasteiger partial charge >= 0.3 is 0 Å². The van der Waals surface area contributed by atoms with Gasteiger partial charge in [0.15, 0.2) is 6.61 Å². The molecule has 5 heteroatoms. The molecule has 4 nitrogen and oxygen atoms in total. The topological polar surface area (TPSA) is 64.3 Å². The van der Waals surface area contributed by atoms with Crippen molar-refractivity contribution in [3.8, 4) is 5.75 Å². The van der Waals surface area contributed by atoms with Crippen LogP contribution in [0.15, 0.2) is 36.4 Å². The number of rotatable bonds is 4. The summed E-state index contributed by atoms with van der Waals surface area (Å²) in [5.41, 5.74) is 8.76. The van der Waals surface area contributed by atoms with Gasteiger partial charge in [0.2, 0.25) is 0 Å². The molecule has 2 aromatic rings. The van der Waals surface area contributed by atoms with E-state index >= 15 is 0 Å². The highest BCUT2D eigenvalue weighted by Gasteiger charge is 2.07. The van der Waals surface area contributed by atoms with Gasteiger partial charge in [-0.2, -0.15) is 0 Å². The molecule has 2 rings (SSSR count). The third-order valence-corrected chi connectivity index (χ3v) is 3.57. The predicted octanol–water partition coefficient (Wildman–Crippen LogP) is 3.56. The molecule has 2 aromatic carbocycles. The van der Waals surface area contributed by atoms with E-state index in [4.69, 9.17) is 22.1 Å². The van der Waals surface area contributed by atoms with Crippen molar-refractivity contribution in [1.82, 2.24) is 0 Å². The summed E-state index contributed by atoms with van der Waals surface area (Å²) in [6, 6.07) is 10.6. The summed E-state index contributed by atoms with van der Waals surface area (Å²) >= 11 is 6.09. The van der Waals surface area contributed by atoms with Gasteiger partial charge in [-0.15, -0.1) is 0 Å².